The molecule has 0 radical (unpaired) electrons. The molecule has 0 fully saturated rings. The Labute approximate surface area is 151 Å². The fourth-order valence-corrected chi connectivity index (χ4v) is 3.02. The Morgan fingerprint density at radius 1 is 1.48 bits per heavy atom. The molecule has 6 nitrogen and oxygen atoms in total. The van der Waals surface area contributed by atoms with E-state index in [0.29, 0.717) is 16.1 Å². The summed E-state index contributed by atoms with van der Waals surface area (Å²) < 4.78 is 1.45. The van der Waals surface area contributed by atoms with Crippen molar-refractivity contribution in [2.24, 2.45) is 13.0 Å². The normalized spacial score (nSPS) is 13.5. The molecule has 1 aromatic carbocycles. The Balaban J connectivity index is 2.20. The lowest BCUT2D eigenvalue weighted by Gasteiger charge is -2.27. The van der Waals surface area contributed by atoms with E-state index in [9.17, 15) is 14.9 Å². The third-order valence-electron chi connectivity index (χ3n) is 4.31. The second kappa shape index (κ2) is 7.28. The van der Waals surface area contributed by atoms with Crippen molar-refractivity contribution in [3.8, 4) is 6.07 Å². The van der Waals surface area contributed by atoms with E-state index in [1.54, 1.807) is 14.0 Å². The van der Waals surface area contributed by atoms with Gasteiger partial charge in [-0.1, -0.05) is 37.2 Å². The van der Waals surface area contributed by atoms with Gasteiger partial charge in [0.15, 0.2) is 5.16 Å². The van der Waals surface area contributed by atoms with Gasteiger partial charge in [-0.05, 0) is 31.9 Å². The summed E-state index contributed by atoms with van der Waals surface area (Å²) in [7, 11) is 1.64. The number of fused-ring (bicyclic) bond motifs is 1. The molecule has 1 atom stereocenters. The summed E-state index contributed by atoms with van der Waals surface area (Å²) in [5.41, 5.74) is 0.551. The average Bonchev–Trinajstić information content (AvgIpc) is 2.57. The van der Waals surface area contributed by atoms with Gasteiger partial charge in [0.05, 0.1) is 22.7 Å². The SMILES string of the molecule is Cc1ccc2nc(SCC(=O)N[C@](C)(C#N)C(C)C)n(C)c(=O)c2c1. The summed E-state index contributed by atoms with van der Waals surface area (Å²) in [5.74, 6) is -0.194. The van der Waals surface area contributed by atoms with Gasteiger partial charge < -0.3 is 5.32 Å². The van der Waals surface area contributed by atoms with E-state index in [0.717, 1.165) is 5.56 Å². The molecule has 7 heteroatoms. The van der Waals surface area contributed by atoms with E-state index < -0.39 is 5.54 Å². The number of aryl methyl sites for hydroxylation is 1. The second-order valence-corrected chi connectivity index (χ2v) is 7.53. The van der Waals surface area contributed by atoms with Crippen molar-refractivity contribution in [2.75, 3.05) is 5.75 Å². The first kappa shape index (κ1) is 19.0. The zero-order chi connectivity index (χ0) is 18.8. The number of rotatable bonds is 5. The maximum Gasteiger partial charge on any atom is 0.261 e. The van der Waals surface area contributed by atoms with Crippen molar-refractivity contribution < 1.29 is 4.79 Å². The molecular formula is C18H22N4O2S. The highest BCUT2D eigenvalue weighted by Crippen LogP contribution is 2.19. The third kappa shape index (κ3) is 4.02. The molecule has 0 aliphatic heterocycles. The number of aromatic nitrogens is 2. The van der Waals surface area contributed by atoms with Crippen LogP contribution in [0.25, 0.3) is 10.9 Å². The standard InChI is InChI=1S/C18H22N4O2S/c1-11(2)18(4,10-19)21-15(23)9-25-17-20-14-7-6-12(3)8-13(14)16(24)22(17)5/h6-8,11H,9H2,1-5H3,(H,21,23)/t18-/m1/s1. The number of hydrogen-bond acceptors (Lipinski definition) is 5. The number of carbonyl (C=O) groups excluding carboxylic acids is 1. The lowest BCUT2D eigenvalue weighted by Crippen LogP contribution is -2.49. The fourth-order valence-electron chi connectivity index (χ4n) is 2.25. The first-order valence-electron chi connectivity index (χ1n) is 8.00. The highest BCUT2D eigenvalue weighted by Gasteiger charge is 2.29. The molecule has 25 heavy (non-hydrogen) atoms. The van der Waals surface area contributed by atoms with E-state index in [2.05, 4.69) is 16.4 Å². The molecule has 132 valence electrons. The molecule has 1 heterocycles. The minimum absolute atomic E-state index is 0.0159. The van der Waals surface area contributed by atoms with Crippen molar-refractivity contribution in [1.82, 2.24) is 14.9 Å². The van der Waals surface area contributed by atoms with E-state index >= 15 is 0 Å². The van der Waals surface area contributed by atoms with Crippen LogP contribution in [0.5, 0.6) is 0 Å². The van der Waals surface area contributed by atoms with Crippen LogP contribution in [-0.4, -0.2) is 26.8 Å². The maximum atomic E-state index is 12.5. The first-order chi connectivity index (χ1) is 11.7. The molecule has 1 aromatic heterocycles. The number of nitriles is 1. The molecule has 1 N–H and O–H groups in total. The third-order valence-corrected chi connectivity index (χ3v) is 5.34. The summed E-state index contributed by atoms with van der Waals surface area (Å²) in [6.07, 6.45) is 0. The molecule has 0 unspecified atom stereocenters. The first-order valence-corrected chi connectivity index (χ1v) is 8.99. The summed E-state index contributed by atoms with van der Waals surface area (Å²) in [4.78, 5) is 29.2. The van der Waals surface area contributed by atoms with Crippen LogP contribution in [0.4, 0.5) is 0 Å². The minimum atomic E-state index is -0.919. The van der Waals surface area contributed by atoms with Crippen molar-refractivity contribution in [1.29, 1.82) is 5.26 Å². The lowest BCUT2D eigenvalue weighted by atomic mass is 9.90. The number of carbonyl (C=O) groups is 1. The lowest BCUT2D eigenvalue weighted by molar-refractivity contribution is -0.120. The Kier molecular flexibility index (Phi) is 5.53. The van der Waals surface area contributed by atoms with Gasteiger partial charge in [-0.3, -0.25) is 14.2 Å². The number of hydrogen-bond donors (Lipinski definition) is 1. The van der Waals surface area contributed by atoms with Crippen LogP contribution in [-0.2, 0) is 11.8 Å². The predicted octanol–water partition coefficient (Wildman–Crippen LogP) is 2.39. The summed E-state index contributed by atoms with van der Waals surface area (Å²) in [6, 6.07) is 7.66. The monoisotopic (exact) mass is 358 g/mol. The Bertz CT molecular complexity index is 914. The van der Waals surface area contributed by atoms with Crippen molar-refractivity contribution in [3.63, 3.8) is 0 Å². The fraction of sp³-hybridized carbons (Fsp3) is 0.444. The molecule has 0 saturated carbocycles. The predicted molar refractivity (Wildman–Crippen MR) is 99.4 cm³/mol. The van der Waals surface area contributed by atoms with Gasteiger partial charge in [-0.2, -0.15) is 5.26 Å². The van der Waals surface area contributed by atoms with Crippen LogP contribution in [0.1, 0.15) is 26.3 Å². The maximum absolute atomic E-state index is 12.5. The van der Waals surface area contributed by atoms with Gasteiger partial charge in [0.2, 0.25) is 5.91 Å². The van der Waals surface area contributed by atoms with E-state index in [1.807, 2.05) is 39.0 Å². The number of nitrogens with zero attached hydrogens (tertiary/aromatic N) is 3. The van der Waals surface area contributed by atoms with Gasteiger partial charge in [0, 0.05) is 7.05 Å². The summed E-state index contributed by atoms with van der Waals surface area (Å²) in [5, 5.41) is 13.1. The number of nitrogens with one attached hydrogen (secondary N) is 1. The number of amides is 1. The largest absolute Gasteiger partial charge is 0.337 e. The quantitative estimate of drug-likeness (QED) is 0.655. The van der Waals surface area contributed by atoms with Crippen LogP contribution >= 0.6 is 11.8 Å². The van der Waals surface area contributed by atoms with Crippen LogP contribution in [0.2, 0.25) is 0 Å². The van der Waals surface area contributed by atoms with E-state index in [4.69, 9.17) is 0 Å². The molecular weight excluding hydrogens is 336 g/mol. The van der Waals surface area contributed by atoms with Crippen LogP contribution < -0.4 is 10.9 Å². The summed E-state index contributed by atoms with van der Waals surface area (Å²) in [6.45, 7) is 7.39. The van der Waals surface area contributed by atoms with Crippen molar-refractivity contribution in [2.45, 2.75) is 38.4 Å². The second-order valence-electron chi connectivity index (χ2n) is 6.58. The van der Waals surface area contributed by atoms with Gasteiger partial charge in [0.25, 0.3) is 5.56 Å². The summed E-state index contributed by atoms with van der Waals surface area (Å²) >= 11 is 1.18. The zero-order valence-electron chi connectivity index (χ0n) is 15.1. The number of benzene rings is 1. The van der Waals surface area contributed by atoms with Crippen LogP contribution in [0.15, 0.2) is 28.2 Å². The van der Waals surface area contributed by atoms with Crippen molar-refractivity contribution in [3.05, 3.63) is 34.1 Å². The zero-order valence-corrected chi connectivity index (χ0v) is 15.9. The molecule has 0 spiro atoms. The van der Waals surface area contributed by atoms with Gasteiger partial charge >= 0.3 is 0 Å². The Morgan fingerprint density at radius 3 is 2.76 bits per heavy atom. The van der Waals surface area contributed by atoms with Crippen LogP contribution in [0, 0.1) is 24.2 Å². The average molecular weight is 358 g/mol. The van der Waals surface area contributed by atoms with Gasteiger partial charge in [-0.25, -0.2) is 4.98 Å². The highest BCUT2D eigenvalue weighted by atomic mass is 32.2. The molecule has 0 aliphatic carbocycles. The van der Waals surface area contributed by atoms with Crippen LogP contribution in [0.3, 0.4) is 0 Å². The topological polar surface area (TPSA) is 87.8 Å². The molecule has 0 aliphatic rings. The highest BCUT2D eigenvalue weighted by molar-refractivity contribution is 7.99. The molecule has 1 amide bonds. The Morgan fingerprint density at radius 2 is 2.16 bits per heavy atom. The van der Waals surface area contributed by atoms with Gasteiger partial charge in [0.1, 0.15) is 5.54 Å². The number of thioether (sulfide) groups is 1. The molecule has 2 aromatic rings. The Hall–Kier alpha value is -2.33. The minimum Gasteiger partial charge on any atom is -0.337 e. The molecule has 0 saturated heterocycles. The molecule has 2 rings (SSSR count). The van der Waals surface area contributed by atoms with Crippen molar-refractivity contribution >= 4 is 28.6 Å². The smallest absolute Gasteiger partial charge is 0.261 e. The van der Waals surface area contributed by atoms with E-state index in [-0.39, 0.29) is 23.1 Å². The molecule has 0 bridgehead atoms. The van der Waals surface area contributed by atoms with E-state index in [1.165, 1.54) is 16.3 Å². The van der Waals surface area contributed by atoms with Gasteiger partial charge in [-0.15, -0.1) is 0 Å².